The fourth-order valence-electron chi connectivity index (χ4n) is 2.57. The smallest absolute Gasteiger partial charge is 0.134 e. The van der Waals surface area contributed by atoms with Gasteiger partial charge in [0.1, 0.15) is 23.2 Å². The Kier molecular flexibility index (Phi) is 3.66. The maximum absolute atomic E-state index is 14.1. The lowest BCUT2D eigenvalue weighted by Gasteiger charge is -2.12. The first-order valence-corrected chi connectivity index (χ1v) is 7.66. The van der Waals surface area contributed by atoms with Crippen LogP contribution in [0.1, 0.15) is 38.4 Å². The Labute approximate surface area is 128 Å². The number of nitrogens with zero attached hydrogens (tertiary/aromatic N) is 2. The van der Waals surface area contributed by atoms with Crippen LogP contribution in [-0.2, 0) is 6.54 Å². The number of rotatable bonds is 4. The van der Waals surface area contributed by atoms with Gasteiger partial charge in [-0.1, -0.05) is 25.4 Å². The minimum atomic E-state index is -0.384. The number of imidazole rings is 1. The van der Waals surface area contributed by atoms with E-state index in [1.54, 1.807) is 12.1 Å². The average Bonchev–Trinajstić information content (AvgIpc) is 3.18. The summed E-state index contributed by atoms with van der Waals surface area (Å²) in [7, 11) is 0. The molecule has 2 aromatic rings. The molecule has 3 rings (SSSR count). The second-order valence-corrected chi connectivity index (χ2v) is 6.54. The van der Waals surface area contributed by atoms with Gasteiger partial charge in [0.2, 0.25) is 0 Å². The van der Waals surface area contributed by atoms with Gasteiger partial charge in [0, 0.05) is 23.0 Å². The zero-order valence-electron chi connectivity index (χ0n) is 12.2. The molecule has 1 aromatic carbocycles. The van der Waals surface area contributed by atoms with Gasteiger partial charge in [-0.3, -0.25) is 0 Å². The van der Waals surface area contributed by atoms with Crippen LogP contribution in [-0.4, -0.2) is 9.55 Å². The first-order chi connectivity index (χ1) is 9.97. The van der Waals surface area contributed by atoms with Crippen LogP contribution in [0.3, 0.4) is 0 Å². The van der Waals surface area contributed by atoms with Crippen LogP contribution in [0.4, 0.5) is 10.2 Å². The van der Waals surface area contributed by atoms with Gasteiger partial charge >= 0.3 is 0 Å². The molecular formula is C16H19ClFN3. The SMILES string of the molecule is CC(C)Cn1c(C2CC2)nc(-c2ccc(Cl)cc2F)c1N. The van der Waals surface area contributed by atoms with Crippen molar-refractivity contribution >= 4 is 17.4 Å². The highest BCUT2D eigenvalue weighted by Crippen LogP contribution is 2.42. The molecule has 0 aliphatic heterocycles. The monoisotopic (exact) mass is 307 g/mol. The molecule has 112 valence electrons. The summed E-state index contributed by atoms with van der Waals surface area (Å²) >= 11 is 5.81. The zero-order chi connectivity index (χ0) is 15.1. The van der Waals surface area contributed by atoms with Crippen LogP contribution < -0.4 is 5.73 Å². The van der Waals surface area contributed by atoms with Crippen LogP contribution in [0.15, 0.2) is 18.2 Å². The van der Waals surface area contributed by atoms with Gasteiger partial charge in [0.15, 0.2) is 0 Å². The third-order valence-electron chi connectivity index (χ3n) is 3.71. The van der Waals surface area contributed by atoms with Crippen LogP contribution >= 0.6 is 11.6 Å². The average molecular weight is 308 g/mol. The summed E-state index contributed by atoms with van der Waals surface area (Å²) in [6.45, 7) is 5.08. The molecule has 3 nitrogen and oxygen atoms in total. The molecule has 1 heterocycles. The number of nitrogens with two attached hydrogens (primary N) is 1. The van der Waals surface area contributed by atoms with E-state index in [9.17, 15) is 4.39 Å². The molecule has 1 fully saturated rings. The fourth-order valence-corrected chi connectivity index (χ4v) is 2.73. The van der Waals surface area contributed by atoms with E-state index in [4.69, 9.17) is 17.3 Å². The Hall–Kier alpha value is -1.55. The summed E-state index contributed by atoms with van der Waals surface area (Å²) in [4.78, 5) is 4.64. The van der Waals surface area contributed by atoms with Crippen molar-refractivity contribution in [2.24, 2.45) is 5.92 Å². The molecule has 0 radical (unpaired) electrons. The molecule has 0 atom stereocenters. The lowest BCUT2D eigenvalue weighted by molar-refractivity contribution is 0.512. The number of benzene rings is 1. The summed E-state index contributed by atoms with van der Waals surface area (Å²) in [5, 5.41) is 0.374. The second kappa shape index (κ2) is 5.34. The minimum Gasteiger partial charge on any atom is -0.383 e. The van der Waals surface area contributed by atoms with E-state index in [1.165, 1.54) is 6.07 Å². The van der Waals surface area contributed by atoms with Gasteiger partial charge in [0.05, 0.1) is 0 Å². The largest absolute Gasteiger partial charge is 0.383 e. The number of nitrogen functional groups attached to an aromatic ring is 1. The van der Waals surface area contributed by atoms with Crippen LogP contribution in [0.5, 0.6) is 0 Å². The summed E-state index contributed by atoms with van der Waals surface area (Å²) in [6.07, 6.45) is 2.27. The molecule has 0 amide bonds. The van der Waals surface area contributed by atoms with Crippen molar-refractivity contribution in [3.63, 3.8) is 0 Å². The van der Waals surface area contributed by atoms with E-state index in [1.807, 2.05) is 4.57 Å². The molecular weight excluding hydrogens is 289 g/mol. The highest BCUT2D eigenvalue weighted by Gasteiger charge is 2.31. The predicted octanol–water partition coefficient (Wildman–Crippen LogP) is 4.46. The first kappa shape index (κ1) is 14.4. The first-order valence-electron chi connectivity index (χ1n) is 7.28. The van der Waals surface area contributed by atoms with E-state index < -0.39 is 0 Å². The second-order valence-electron chi connectivity index (χ2n) is 6.11. The van der Waals surface area contributed by atoms with E-state index >= 15 is 0 Å². The molecule has 5 heteroatoms. The molecule has 0 unspecified atom stereocenters. The molecule has 0 spiro atoms. The molecule has 2 N–H and O–H groups in total. The third kappa shape index (κ3) is 2.77. The molecule has 1 aliphatic rings. The quantitative estimate of drug-likeness (QED) is 0.906. The Bertz CT molecular complexity index is 674. The normalized spacial score (nSPS) is 14.9. The number of hydrogen-bond acceptors (Lipinski definition) is 2. The number of aromatic nitrogens is 2. The predicted molar refractivity (Wildman–Crippen MR) is 83.9 cm³/mol. The van der Waals surface area contributed by atoms with Crippen LogP contribution in [0.25, 0.3) is 11.3 Å². The van der Waals surface area contributed by atoms with Crippen molar-refractivity contribution < 1.29 is 4.39 Å². The maximum Gasteiger partial charge on any atom is 0.134 e. The molecule has 1 aromatic heterocycles. The van der Waals surface area contributed by atoms with E-state index in [0.29, 0.717) is 33.9 Å². The van der Waals surface area contributed by atoms with Crippen molar-refractivity contribution in [1.29, 1.82) is 0 Å². The highest BCUT2D eigenvalue weighted by atomic mass is 35.5. The van der Waals surface area contributed by atoms with E-state index in [2.05, 4.69) is 18.8 Å². The number of halogens is 2. The Morgan fingerprint density at radius 3 is 2.71 bits per heavy atom. The Morgan fingerprint density at radius 2 is 2.14 bits per heavy atom. The van der Waals surface area contributed by atoms with Crippen molar-refractivity contribution in [2.45, 2.75) is 39.2 Å². The van der Waals surface area contributed by atoms with Crippen LogP contribution in [0, 0.1) is 11.7 Å². The molecule has 0 saturated heterocycles. The van der Waals surface area contributed by atoms with Gasteiger partial charge in [-0.25, -0.2) is 9.37 Å². The van der Waals surface area contributed by atoms with Gasteiger partial charge in [-0.2, -0.15) is 0 Å². The molecule has 21 heavy (non-hydrogen) atoms. The summed E-state index contributed by atoms with van der Waals surface area (Å²) in [5.41, 5.74) is 7.21. The van der Waals surface area contributed by atoms with Gasteiger partial charge in [-0.15, -0.1) is 0 Å². The van der Waals surface area contributed by atoms with E-state index in [-0.39, 0.29) is 5.82 Å². The van der Waals surface area contributed by atoms with E-state index in [0.717, 1.165) is 25.2 Å². The Balaban J connectivity index is 2.10. The fraction of sp³-hybridized carbons (Fsp3) is 0.438. The maximum atomic E-state index is 14.1. The lowest BCUT2D eigenvalue weighted by atomic mass is 10.1. The van der Waals surface area contributed by atoms with Crippen LogP contribution in [0.2, 0.25) is 5.02 Å². The number of hydrogen-bond donors (Lipinski definition) is 1. The van der Waals surface area contributed by atoms with Crippen molar-refractivity contribution in [3.05, 3.63) is 34.9 Å². The minimum absolute atomic E-state index is 0.374. The third-order valence-corrected chi connectivity index (χ3v) is 3.95. The molecule has 1 saturated carbocycles. The van der Waals surface area contributed by atoms with Crippen molar-refractivity contribution in [3.8, 4) is 11.3 Å². The lowest BCUT2D eigenvalue weighted by Crippen LogP contribution is -2.11. The summed E-state index contributed by atoms with van der Waals surface area (Å²) in [6, 6.07) is 4.61. The van der Waals surface area contributed by atoms with Gasteiger partial charge in [0.25, 0.3) is 0 Å². The van der Waals surface area contributed by atoms with Gasteiger partial charge in [-0.05, 0) is 37.0 Å². The summed E-state index contributed by atoms with van der Waals surface area (Å²) < 4.78 is 16.2. The highest BCUT2D eigenvalue weighted by molar-refractivity contribution is 6.30. The summed E-state index contributed by atoms with van der Waals surface area (Å²) in [5.74, 6) is 2.08. The Morgan fingerprint density at radius 1 is 1.43 bits per heavy atom. The van der Waals surface area contributed by atoms with Crippen molar-refractivity contribution in [1.82, 2.24) is 9.55 Å². The van der Waals surface area contributed by atoms with Gasteiger partial charge < -0.3 is 10.3 Å². The molecule has 0 bridgehead atoms. The van der Waals surface area contributed by atoms with Crippen molar-refractivity contribution in [2.75, 3.05) is 5.73 Å². The zero-order valence-corrected chi connectivity index (χ0v) is 13.0. The topological polar surface area (TPSA) is 43.8 Å². The standard InChI is InChI=1S/C16H19ClFN3/c1-9(2)8-21-15(19)14(20-16(21)10-3-4-10)12-6-5-11(17)7-13(12)18/h5-7,9-10H,3-4,8,19H2,1-2H3. The number of anilines is 1. The molecule has 1 aliphatic carbocycles.